The van der Waals surface area contributed by atoms with Gasteiger partial charge >= 0.3 is 45.5 Å². The minimum absolute atomic E-state index is 0. The van der Waals surface area contributed by atoms with Gasteiger partial charge in [-0.2, -0.15) is 0 Å². The molecule has 0 aromatic heterocycles. The number of carbonyl (C=O) groups is 1. The van der Waals surface area contributed by atoms with E-state index in [2.05, 4.69) is 0 Å². The van der Waals surface area contributed by atoms with E-state index in [4.69, 9.17) is 15.0 Å². The summed E-state index contributed by atoms with van der Waals surface area (Å²) in [5.74, 6) is 0. The van der Waals surface area contributed by atoms with Crippen LogP contribution in [-0.2, 0) is 0 Å². The van der Waals surface area contributed by atoms with Gasteiger partial charge in [0.2, 0.25) is 0 Å². The Morgan fingerprint density at radius 2 is 0.533 bits per heavy atom. The van der Waals surface area contributed by atoms with Crippen LogP contribution in [0.15, 0.2) is 0 Å². The van der Waals surface area contributed by atoms with Gasteiger partial charge in [0.25, 0.3) is 0 Å². The molecule has 0 fully saturated rings. The molecule has 0 radical (unpaired) electrons. The molecule has 0 bridgehead atoms. The average molecular weight is 328 g/mol. The van der Waals surface area contributed by atoms with E-state index in [0.717, 1.165) is 0 Å². The number of carboxylic acid groups (broad SMARTS) is 2. The van der Waals surface area contributed by atoms with E-state index < -0.39 is 6.16 Å². The van der Waals surface area contributed by atoms with Crippen LogP contribution < -0.4 is 10.2 Å². The molecule has 0 spiro atoms. The van der Waals surface area contributed by atoms with Crippen molar-refractivity contribution in [2.45, 2.75) is 0 Å². The molecule has 0 aliphatic heterocycles. The van der Waals surface area contributed by atoms with Crippen LogP contribution in [0.25, 0.3) is 0 Å². The fourth-order valence-electron chi connectivity index (χ4n) is 0. The zero-order chi connectivity index (χ0) is 3.58. The fraction of sp³-hybridized carbons (Fsp3) is 0. The molecule has 0 amide bonds. The predicted molar refractivity (Wildman–Crippen MR) is 47.3 cm³/mol. The predicted octanol–water partition coefficient (Wildman–Crippen LogP) is -11.1. The zero-order valence-electron chi connectivity index (χ0n) is 7.43. The summed E-state index contributed by atoms with van der Waals surface area (Å²) in [7, 11) is 0. The van der Waals surface area contributed by atoms with Crippen molar-refractivity contribution in [2.75, 3.05) is 0 Å². The maximum absolute atomic E-state index is 8.33. The summed E-state index contributed by atoms with van der Waals surface area (Å²) in [5, 5.41) is 16.7. The Bertz CT molecular complexity index is 33.5. The summed E-state index contributed by atoms with van der Waals surface area (Å²) in [6.45, 7) is 0. The SMILES string of the molecule is O.O.O.O.O.O.O.O.O.O.O=C([O-])[O-].[Sr+2]. The molecule has 0 atom stereocenters. The van der Waals surface area contributed by atoms with Crippen LogP contribution >= 0.6 is 0 Å². The average Bonchev–Trinajstić information content (AvgIpc) is 0.811. The smallest absolute Gasteiger partial charge is 0.652 e. The number of carbonyl (C=O) groups excluding carboxylic acids is 1. The summed E-state index contributed by atoms with van der Waals surface area (Å²) in [4.78, 5) is 8.33. The molecule has 13 nitrogen and oxygen atoms in total. The summed E-state index contributed by atoms with van der Waals surface area (Å²) in [6, 6.07) is 0. The second-order valence-corrected chi connectivity index (χ2v) is 0.250. The largest absolute Gasteiger partial charge is 2.00 e. The summed E-state index contributed by atoms with van der Waals surface area (Å²) < 4.78 is 0. The molecule has 15 heavy (non-hydrogen) atoms. The molecular formula is CH20O13Sr. The van der Waals surface area contributed by atoms with Crippen molar-refractivity contribution in [2.24, 2.45) is 0 Å². The Morgan fingerprint density at radius 1 is 0.533 bits per heavy atom. The first-order valence-electron chi connectivity index (χ1n) is 0.612. The van der Waals surface area contributed by atoms with Crippen molar-refractivity contribution >= 4 is 51.6 Å². The molecule has 0 aliphatic rings. The second kappa shape index (κ2) is 228. The second-order valence-electron chi connectivity index (χ2n) is 0.250. The number of rotatable bonds is 0. The third kappa shape index (κ3) is 17800. The molecular weight excluding hydrogens is 308 g/mol. The minimum Gasteiger partial charge on any atom is -0.652 e. The quantitative estimate of drug-likeness (QED) is 0.391. The van der Waals surface area contributed by atoms with Crippen molar-refractivity contribution in [3.63, 3.8) is 0 Å². The van der Waals surface area contributed by atoms with Crippen molar-refractivity contribution in [1.29, 1.82) is 0 Å². The van der Waals surface area contributed by atoms with Crippen LogP contribution in [0.2, 0.25) is 0 Å². The maximum atomic E-state index is 8.33. The third-order valence-corrected chi connectivity index (χ3v) is 0. The van der Waals surface area contributed by atoms with Crippen LogP contribution in [0, 0.1) is 0 Å². The Balaban J connectivity index is -0.000000000818. The minimum atomic E-state index is -2.33. The topological polar surface area (TPSA) is 378 Å². The van der Waals surface area contributed by atoms with E-state index in [1.54, 1.807) is 0 Å². The van der Waals surface area contributed by atoms with Crippen molar-refractivity contribution in [3.8, 4) is 0 Å². The molecule has 0 aromatic carbocycles. The van der Waals surface area contributed by atoms with Crippen molar-refractivity contribution in [3.05, 3.63) is 0 Å². The van der Waals surface area contributed by atoms with Gasteiger partial charge < -0.3 is 69.8 Å². The van der Waals surface area contributed by atoms with E-state index in [-0.39, 0.29) is 100 Å². The molecule has 0 heterocycles. The van der Waals surface area contributed by atoms with E-state index in [0.29, 0.717) is 0 Å². The van der Waals surface area contributed by atoms with E-state index in [1.165, 1.54) is 0 Å². The Kier molecular flexibility index (Phi) is 4280. The van der Waals surface area contributed by atoms with Gasteiger partial charge in [0.15, 0.2) is 0 Å². The number of hydrogen-bond acceptors (Lipinski definition) is 3. The molecule has 0 saturated carbocycles. The standard InChI is InChI=1S/CH2O3.10H2O.Sr/c2-1(3)4;;;;;;;;;;;/h(H2,2,3,4);10*1H2;/q;;;;;;;;;;;+2/p-2. The molecule has 0 saturated heterocycles. The van der Waals surface area contributed by atoms with Crippen LogP contribution in [0.1, 0.15) is 0 Å². The van der Waals surface area contributed by atoms with Gasteiger partial charge in [-0.25, -0.2) is 0 Å². The maximum Gasteiger partial charge on any atom is 2.00 e. The molecule has 0 aromatic rings. The van der Waals surface area contributed by atoms with Crippen LogP contribution in [0.4, 0.5) is 4.79 Å². The normalized spacial score (nSPS) is 1.60. The van der Waals surface area contributed by atoms with Gasteiger partial charge in [0.05, 0.1) is 0 Å². The van der Waals surface area contributed by atoms with Gasteiger partial charge in [-0.15, -0.1) is 0 Å². The van der Waals surface area contributed by atoms with Gasteiger partial charge in [-0.1, -0.05) is 0 Å². The number of hydrogen-bond donors (Lipinski definition) is 0. The Labute approximate surface area is 121 Å². The fourth-order valence-corrected chi connectivity index (χ4v) is 0. The van der Waals surface area contributed by atoms with E-state index in [9.17, 15) is 0 Å². The monoisotopic (exact) mass is 328 g/mol. The van der Waals surface area contributed by atoms with Gasteiger partial charge in [-0.3, -0.25) is 0 Å². The summed E-state index contributed by atoms with van der Waals surface area (Å²) in [5.41, 5.74) is 0. The first-order valence-corrected chi connectivity index (χ1v) is 0.612. The first kappa shape index (κ1) is 282. The molecule has 0 unspecified atom stereocenters. The molecule has 14 heteroatoms. The summed E-state index contributed by atoms with van der Waals surface area (Å²) >= 11 is 0. The Hall–Kier alpha value is 0.351. The summed E-state index contributed by atoms with van der Waals surface area (Å²) in [6.07, 6.45) is -2.33. The van der Waals surface area contributed by atoms with Crippen LogP contribution in [0.3, 0.4) is 0 Å². The third-order valence-electron chi connectivity index (χ3n) is 0. The zero-order valence-corrected chi connectivity index (χ0v) is 10.9. The van der Waals surface area contributed by atoms with Crippen molar-refractivity contribution in [1.82, 2.24) is 0 Å². The van der Waals surface area contributed by atoms with Crippen molar-refractivity contribution < 1.29 is 69.8 Å². The molecule has 0 aliphatic carbocycles. The molecule has 104 valence electrons. The molecule has 20 N–H and O–H groups in total. The van der Waals surface area contributed by atoms with Gasteiger partial charge in [0.1, 0.15) is 0 Å². The first-order chi connectivity index (χ1) is 1.73. The van der Waals surface area contributed by atoms with E-state index >= 15 is 0 Å². The van der Waals surface area contributed by atoms with Crippen LogP contribution in [0.5, 0.6) is 0 Å². The van der Waals surface area contributed by atoms with E-state index in [1.807, 2.05) is 0 Å². The Morgan fingerprint density at radius 3 is 0.533 bits per heavy atom. The van der Waals surface area contributed by atoms with Crippen LogP contribution in [-0.4, -0.2) is 106 Å². The van der Waals surface area contributed by atoms with Gasteiger partial charge in [-0.05, 0) is 6.16 Å². The molecule has 0 rings (SSSR count). The van der Waals surface area contributed by atoms with Gasteiger partial charge in [0, 0.05) is 0 Å².